The third kappa shape index (κ3) is 6.79. The first-order chi connectivity index (χ1) is 5.56. The van der Waals surface area contributed by atoms with Crippen molar-refractivity contribution < 1.29 is 0 Å². The summed E-state index contributed by atoms with van der Waals surface area (Å²) in [5.41, 5.74) is 0. The molecule has 0 spiro atoms. The molecule has 0 aromatic rings. The van der Waals surface area contributed by atoms with Crippen molar-refractivity contribution >= 4 is 30.6 Å². The summed E-state index contributed by atoms with van der Waals surface area (Å²) < 4.78 is 3.30. The van der Waals surface area contributed by atoms with E-state index in [2.05, 4.69) is 5.23 Å². The molecule has 0 aromatic heterocycles. The van der Waals surface area contributed by atoms with Gasteiger partial charge in [-0.25, -0.2) is 0 Å². The molecule has 0 aliphatic carbocycles. The average molecular weight is 160 g/mol. The molecule has 0 bridgehead atoms. The Hall–Kier alpha value is 0.0997. The first-order valence-electron chi connectivity index (χ1n) is 3.68. The van der Waals surface area contributed by atoms with E-state index in [1.165, 1.54) is 4.63 Å². The third-order valence-electron chi connectivity index (χ3n) is 1.01. The van der Waals surface area contributed by atoms with Crippen LogP contribution in [0.3, 0.4) is 0 Å². The lowest BCUT2D eigenvalue weighted by molar-refractivity contribution is 0.601. The Labute approximate surface area is 78.9 Å². The van der Waals surface area contributed by atoms with Crippen LogP contribution in [0.25, 0.3) is 0 Å². The Morgan fingerprint density at radius 1 is 1.17 bits per heavy atom. The fourth-order valence-corrected chi connectivity index (χ4v) is 0.787. The zero-order valence-corrected chi connectivity index (χ0v) is 8.15. The van der Waals surface area contributed by atoms with E-state index < -0.39 is 0 Å². The molecular formula is C4H13B4N4. The molecule has 12 heavy (non-hydrogen) atoms. The van der Waals surface area contributed by atoms with Gasteiger partial charge in [0.05, 0.1) is 0 Å². The highest BCUT2D eigenvalue weighted by Gasteiger charge is 2.08. The highest BCUT2D eigenvalue weighted by Crippen LogP contribution is 1.80. The SMILES string of the molecule is [B]N([B]NC)[B]N(C)[B]N(C)C. The predicted molar refractivity (Wildman–Crippen MR) is 55.4 cm³/mol. The summed E-state index contributed by atoms with van der Waals surface area (Å²) in [4.78, 5) is 1.93. The van der Waals surface area contributed by atoms with Crippen LogP contribution < -0.4 is 5.23 Å². The van der Waals surface area contributed by atoms with E-state index in [1.807, 2.05) is 38.2 Å². The normalized spacial score (nSPS) is 10.9. The Morgan fingerprint density at radius 3 is 2.17 bits per heavy atom. The molecule has 0 rings (SSSR count). The lowest BCUT2D eigenvalue weighted by atomic mass is 9.82. The van der Waals surface area contributed by atoms with Crippen molar-refractivity contribution in [1.29, 1.82) is 0 Å². The van der Waals surface area contributed by atoms with Crippen LogP contribution in [0.4, 0.5) is 0 Å². The molecule has 0 atom stereocenters. The number of nitrogens with zero attached hydrogens (tertiary/aromatic N) is 3. The zero-order valence-electron chi connectivity index (χ0n) is 8.15. The summed E-state index contributed by atoms with van der Waals surface area (Å²) >= 11 is 0. The van der Waals surface area contributed by atoms with Gasteiger partial charge in [0, 0.05) is 0 Å². The molecule has 0 saturated heterocycles. The van der Waals surface area contributed by atoms with E-state index >= 15 is 0 Å². The summed E-state index contributed by atoms with van der Waals surface area (Å²) in [5, 5.41) is 2.82. The molecule has 1 N–H and O–H groups in total. The molecule has 4 nitrogen and oxygen atoms in total. The number of rotatable bonds is 6. The number of hydrogen-bond donors (Lipinski definition) is 1. The molecule has 0 aromatic carbocycles. The molecule has 0 saturated carbocycles. The molecule has 8 heteroatoms. The summed E-state index contributed by atoms with van der Waals surface area (Å²) in [7, 11) is 18.4. The van der Waals surface area contributed by atoms with Crippen LogP contribution in [0.1, 0.15) is 0 Å². The third-order valence-corrected chi connectivity index (χ3v) is 1.01. The fraction of sp³-hybridized carbons (Fsp3) is 1.00. The minimum atomic E-state index is 1.44. The van der Waals surface area contributed by atoms with E-state index in [-0.39, 0.29) is 0 Å². The molecule has 61 valence electrons. The minimum absolute atomic E-state index is 1.44. The quantitative estimate of drug-likeness (QED) is 0.441. The van der Waals surface area contributed by atoms with Gasteiger partial charge in [-0.15, -0.1) is 0 Å². The van der Waals surface area contributed by atoms with Crippen LogP contribution in [0.15, 0.2) is 0 Å². The van der Waals surface area contributed by atoms with Gasteiger partial charge in [0.15, 0.2) is 7.98 Å². The van der Waals surface area contributed by atoms with Crippen molar-refractivity contribution in [3.8, 4) is 0 Å². The highest BCUT2D eigenvalue weighted by molar-refractivity contribution is 6.61. The van der Waals surface area contributed by atoms with E-state index in [9.17, 15) is 0 Å². The van der Waals surface area contributed by atoms with Crippen molar-refractivity contribution in [2.75, 3.05) is 28.2 Å². The highest BCUT2D eigenvalue weighted by atomic mass is 15.1. The maximum absolute atomic E-state index is 5.54. The Kier molecular flexibility index (Phi) is 6.65. The first kappa shape index (κ1) is 12.1. The van der Waals surface area contributed by atoms with Crippen LogP contribution >= 0.6 is 0 Å². The van der Waals surface area contributed by atoms with E-state index in [0.717, 1.165) is 0 Å². The first-order valence-corrected chi connectivity index (χ1v) is 3.68. The van der Waals surface area contributed by atoms with Crippen LogP contribution in [-0.2, 0) is 0 Å². The van der Waals surface area contributed by atoms with Gasteiger partial charge in [0.25, 0.3) is 15.1 Å². The molecule has 0 unspecified atom stereocenters. The lowest BCUT2D eigenvalue weighted by Crippen LogP contribution is -2.48. The van der Waals surface area contributed by atoms with Crippen LogP contribution in [-0.4, -0.2) is 73.0 Å². The van der Waals surface area contributed by atoms with Crippen molar-refractivity contribution in [3.05, 3.63) is 0 Å². The van der Waals surface area contributed by atoms with Gasteiger partial charge in [-0.2, -0.15) is 0 Å². The molecule has 0 amide bonds. The zero-order chi connectivity index (χ0) is 9.56. The number of nitrogens with one attached hydrogen (secondary N) is 1. The summed E-state index contributed by atoms with van der Waals surface area (Å²) in [5.74, 6) is 0. The van der Waals surface area contributed by atoms with Crippen LogP contribution in [0.2, 0.25) is 0 Å². The van der Waals surface area contributed by atoms with Gasteiger partial charge < -0.3 is 19.4 Å². The van der Waals surface area contributed by atoms with Gasteiger partial charge in [-0.05, 0) is 28.2 Å². The number of hydrogen-bond acceptors (Lipinski definition) is 4. The van der Waals surface area contributed by atoms with E-state index in [1.54, 1.807) is 22.1 Å². The van der Waals surface area contributed by atoms with Crippen LogP contribution in [0.5, 0.6) is 0 Å². The monoisotopic (exact) mass is 161 g/mol. The van der Waals surface area contributed by atoms with Crippen molar-refractivity contribution in [2.45, 2.75) is 0 Å². The largest absolute Gasteiger partial charge is 0.417 e. The van der Waals surface area contributed by atoms with Gasteiger partial charge >= 0.3 is 7.55 Å². The second-order valence-electron chi connectivity index (χ2n) is 2.73. The predicted octanol–water partition coefficient (Wildman–Crippen LogP) is -2.31. The second-order valence-corrected chi connectivity index (χ2v) is 2.73. The van der Waals surface area contributed by atoms with Gasteiger partial charge in [-0.3, -0.25) is 0 Å². The van der Waals surface area contributed by atoms with Crippen molar-refractivity contribution in [2.24, 2.45) is 0 Å². The molecular weight excluding hydrogens is 147 g/mol. The average Bonchev–Trinajstić information content (AvgIpc) is 1.84. The molecule has 0 fully saturated rings. The maximum Gasteiger partial charge on any atom is 0.300 e. The Morgan fingerprint density at radius 2 is 1.75 bits per heavy atom. The smallest absolute Gasteiger partial charge is 0.300 e. The standard InChI is InChI=1S/C4H13B4N4/c1-9-6-12(5)8-11(4)7-10(2)3/h9H,1-4H3. The molecule has 5 radical (unpaired) electrons. The Balaban J connectivity index is 3.46. The lowest BCUT2D eigenvalue weighted by Gasteiger charge is -2.23. The fourth-order valence-electron chi connectivity index (χ4n) is 0.787. The summed E-state index contributed by atoms with van der Waals surface area (Å²) in [6, 6.07) is 0. The molecule has 0 aliphatic rings. The Bertz CT molecular complexity index is 113. The van der Waals surface area contributed by atoms with Crippen molar-refractivity contribution in [3.63, 3.8) is 0 Å². The molecule has 0 aliphatic heterocycles. The van der Waals surface area contributed by atoms with Gasteiger partial charge in [-0.1, -0.05) is 0 Å². The topological polar surface area (TPSA) is 21.8 Å². The van der Waals surface area contributed by atoms with Gasteiger partial charge in [0.2, 0.25) is 0 Å². The van der Waals surface area contributed by atoms with E-state index in [4.69, 9.17) is 7.98 Å². The second kappa shape index (κ2) is 6.60. The minimum Gasteiger partial charge on any atom is -0.417 e. The van der Waals surface area contributed by atoms with Crippen LogP contribution in [0, 0.1) is 0 Å². The molecule has 0 heterocycles. The summed E-state index contributed by atoms with van der Waals surface area (Å²) in [6.45, 7) is 0. The summed E-state index contributed by atoms with van der Waals surface area (Å²) in [6.07, 6.45) is 0. The van der Waals surface area contributed by atoms with Gasteiger partial charge in [0.1, 0.15) is 0 Å². The van der Waals surface area contributed by atoms with E-state index in [0.29, 0.717) is 0 Å². The maximum atomic E-state index is 5.54. The van der Waals surface area contributed by atoms with Crippen molar-refractivity contribution in [1.82, 2.24) is 19.4 Å².